The maximum Gasteiger partial charge on any atom is 0.242 e. The standard InChI is InChI=1S/C11H18ClNSi/c1-9-7-5-6-8-10(9)14(12)13-11(2,3)4/h5-8,13-14H,1-4H3. The van der Waals surface area contributed by atoms with Crippen molar-refractivity contribution in [3.63, 3.8) is 0 Å². The van der Waals surface area contributed by atoms with Crippen molar-refractivity contribution in [3.8, 4) is 0 Å². The average molecular weight is 228 g/mol. The summed E-state index contributed by atoms with van der Waals surface area (Å²) < 4.78 is 0. The van der Waals surface area contributed by atoms with E-state index >= 15 is 0 Å². The molecule has 0 amide bonds. The lowest BCUT2D eigenvalue weighted by atomic mass is 10.1. The fourth-order valence-electron chi connectivity index (χ4n) is 1.33. The Morgan fingerprint density at radius 1 is 1.21 bits per heavy atom. The molecule has 0 bridgehead atoms. The molecule has 78 valence electrons. The van der Waals surface area contributed by atoms with E-state index in [2.05, 4.69) is 50.9 Å². The number of aryl methyl sites for hydroxylation is 1. The van der Waals surface area contributed by atoms with Crippen LogP contribution in [0.15, 0.2) is 24.3 Å². The summed E-state index contributed by atoms with van der Waals surface area (Å²) in [6.45, 7) is 8.55. The van der Waals surface area contributed by atoms with Gasteiger partial charge in [0.15, 0.2) is 0 Å². The fraction of sp³-hybridized carbons (Fsp3) is 0.455. The SMILES string of the molecule is Cc1ccccc1[SiH](Cl)NC(C)(C)C. The summed E-state index contributed by atoms with van der Waals surface area (Å²) >= 11 is 6.42. The van der Waals surface area contributed by atoms with Crippen molar-refractivity contribution in [2.75, 3.05) is 0 Å². The minimum atomic E-state index is -1.50. The van der Waals surface area contributed by atoms with E-state index < -0.39 is 8.27 Å². The van der Waals surface area contributed by atoms with Crippen LogP contribution in [0.2, 0.25) is 0 Å². The Balaban J connectivity index is 2.80. The van der Waals surface area contributed by atoms with E-state index in [1.807, 2.05) is 6.07 Å². The highest BCUT2D eigenvalue weighted by Crippen LogP contribution is 2.04. The molecule has 0 aromatic heterocycles. The first kappa shape index (κ1) is 11.8. The Kier molecular flexibility index (Phi) is 3.76. The lowest BCUT2D eigenvalue weighted by Gasteiger charge is -2.24. The molecule has 0 aliphatic carbocycles. The number of hydrogen-bond acceptors (Lipinski definition) is 1. The van der Waals surface area contributed by atoms with E-state index in [4.69, 9.17) is 11.1 Å². The van der Waals surface area contributed by atoms with Gasteiger partial charge in [-0.3, -0.25) is 0 Å². The van der Waals surface area contributed by atoms with Gasteiger partial charge in [0.25, 0.3) is 0 Å². The van der Waals surface area contributed by atoms with Gasteiger partial charge in [-0.15, -0.1) is 11.1 Å². The van der Waals surface area contributed by atoms with Gasteiger partial charge in [0.05, 0.1) is 0 Å². The van der Waals surface area contributed by atoms with E-state index in [1.54, 1.807) is 0 Å². The van der Waals surface area contributed by atoms with Crippen molar-refractivity contribution in [2.45, 2.75) is 33.2 Å². The van der Waals surface area contributed by atoms with Crippen LogP contribution in [0.4, 0.5) is 0 Å². The largest absolute Gasteiger partial charge is 0.320 e. The van der Waals surface area contributed by atoms with Crippen molar-refractivity contribution >= 4 is 24.5 Å². The molecule has 3 heteroatoms. The molecule has 0 saturated carbocycles. The topological polar surface area (TPSA) is 12.0 Å². The first-order chi connectivity index (χ1) is 6.40. The normalized spacial score (nSPS) is 14.1. The summed E-state index contributed by atoms with van der Waals surface area (Å²) in [7, 11) is -1.50. The Morgan fingerprint density at radius 2 is 1.79 bits per heavy atom. The minimum absolute atomic E-state index is 0.0981. The third kappa shape index (κ3) is 3.44. The summed E-state index contributed by atoms with van der Waals surface area (Å²) in [5.41, 5.74) is 1.39. The number of benzene rings is 1. The number of halogens is 1. The summed E-state index contributed by atoms with van der Waals surface area (Å²) in [4.78, 5) is 3.48. The third-order valence-corrected chi connectivity index (χ3v) is 5.37. The lowest BCUT2D eigenvalue weighted by Crippen LogP contribution is -2.50. The number of nitrogens with one attached hydrogen (secondary N) is 1. The predicted molar refractivity (Wildman–Crippen MR) is 66.7 cm³/mol. The monoisotopic (exact) mass is 227 g/mol. The number of hydrogen-bond donors (Lipinski definition) is 1. The molecule has 1 aromatic carbocycles. The van der Waals surface area contributed by atoms with E-state index in [0.717, 1.165) is 0 Å². The highest BCUT2D eigenvalue weighted by molar-refractivity contribution is 7.13. The van der Waals surface area contributed by atoms with Gasteiger partial charge in [-0.25, -0.2) is 0 Å². The van der Waals surface area contributed by atoms with Gasteiger partial charge in [0.1, 0.15) is 0 Å². The molecule has 1 aromatic rings. The van der Waals surface area contributed by atoms with Crippen LogP contribution in [0, 0.1) is 6.92 Å². The predicted octanol–water partition coefficient (Wildman–Crippen LogP) is 2.05. The minimum Gasteiger partial charge on any atom is -0.320 e. The molecular weight excluding hydrogens is 210 g/mol. The maximum absolute atomic E-state index is 6.42. The molecule has 0 radical (unpaired) electrons. The van der Waals surface area contributed by atoms with E-state index in [-0.39, 0.29) is 5.54 Å². The second-order valence-corrected chi connectivity index (χ2v) is 7.56. The van der Waals surface area contributed by atoms with E-state index in [0.29, 0.717) is 0 Å². The van der Waals surface area contributed by atoms with Crippen LogP contribution < -0.4 is 10.2 Å². The van der Waals surface area contributed by atoms with Crippen molar-refractivity contribution in [2.24, 2.45) is 0 Å². The zero-order valence-electron chi connectivity index (χ0n) is 9.26. The second kappa shape index (κ2) is 4.47. The van der Waals surface area contributed by atoms with Crippen LogP contribution in [0.1, 0.15) is 26.3 Å². The summed E-state index contributed by atoms with van der Waals surface area (Å²) in [6, 6.07) is 8.34. The first-order valence-corrected chi connectivity index (χ1v) is 7.77. The summed E-state index contributed by atoms with van der Waals surface area (Å²) in [6.07, 6.45) is 0. The molecule has 1 nitrogen and oxygen atoms in total. The van der Waals surface area contributed by atoms with Crippen molar-refractivity contribution < 1.29 is 0 Å². The van der Waals surface area contributed by atoms with Crippen LogP contribution in [0.3, 0.4) is 0 Å². The quantitative estimate of drug-likeness (QED) is 0.603. The van der Waals surface area contributed by atoms with Gasteiger partial charge in [-0.1, -0.05) is 24.3 Å². The van der Waals surface area contributed by atoms with Crippen molar-refractivity contribution in [1.82, 2.24) is 4.98 Å². The second-order valence-electron chi connectivity index (χ2n) is 4.61. The zero-order chi connectivity index (χ0) is 10.8. The first-order valence-electron chi connectivity index (χ1n) is 4.87. The molecule has 0 saturated heterocycles. The van der Waals surface area contributed by atoms with Crippen LogP contribution >= 0.6 is 11.1 Å². The zero-order valence-corrected chi connectivity index (χ0v) is 11.2. The highest BCUT2D eigenvalue weighted by Gasteiger charge is 2.19. The molecule has 1 rings (SSSR count). The van der Waals surface area contributed by atoms with E-state index in [1.165, 1.54) is 10.8 Å². The van der Waals surface area contributed by atoms with Gasteiger partial charge in [-0.05, 0) is 38.4 Å². The summed E-state index contributed by atoms with van der Waals surface area (Å²) in [5.74, 6) is 0. The lowest BCUT2D eigenvalue weighted by molar-refractivity contribution is 0.523. The van der Waals surface area contributed by atoms with E-state index in [9.17, 15) is 0 Å². The van der Waals surface area contributed by atoms with Crippen LogP contribution in [0.25, 0.3) is 0 Å². The van der Waals surface area contributed by atoms with Gasteiger partial charge in [0, 0.05) is 5.54 Å². The molecule has 0 aliphatic rings. The highest BCUT2D eigenvalue weighted by atomic mass is 35.6. The molecule has 1 unspecified atom stereocenters. The molecule has 0 heterocycles. The van der Waals surface area contributed by atoms with Gasteiger partial charge in [0.2, 0.25) is 8.27 Å². The van der Waals surface area contributed by atoms with Gasteiger partial charge < -0.3 is 4.98 Å². The smallest absolute Gasteiger partial charge is 0.242 e. The Morgan fingerprint density at radius 3 is 2.29 bits per heavy atom. The Bertz CT molecular complexity index is 306. The Labute approximate surface area is 92.9 Å². The molecule has 0 aliphatic heterocycles. The van der Waals surface area contributed by atoms with Crippen molar-refractivity contribution in [3.05, 3.63) is 29.8 Å². The van der Waals surface area contributed by atoms with Gasteiger partial charge in [-0.2, -0.15) is 0 Å². The Hall–Kier alpha value is -0.313. The van der Waals surface area contributed by atoms with Crippen LogP contribution in [-0.2, 0) is 0 Å². The van der Waals surface area contributed by atoms with Crippen LogP contribution in [0.5, 0.6) is 0 Å². The molecule has 1 atom stereocenters. The fourth-order valence-corrected chi connectivity index (χ4v) is 4.74. The number of rotatable bonds is 2. The molecule has 0 spiro atoms. The van der Waals surface area contributed by atoms with Crippen LogP contribution in [-0.4, -0.2) is 13.8 Å². The molecule has 14 heavy (non-hydrogen) atoms. The molecule has 0 fully saturated rings. The van der Waals surface area contributed by atoms with Gasteiger partial charge >= 0.3 is 0 Å². The average Bonchev–Trinajstić information content (AvgIpc) is 2.01. The van der Waals surface area contributed by atoms with Crippen molar-refractivity contribution in [1.29, 1.82) is 0 Å². The maximum atomic E-state index is 6.42. The molecule has 1 N–H and O–H groups in total. The third-order valence-electron chi connectivity index (χ3n) is 2.02. The molecular formula is C11H18ClNSi. The summed E-state index contributed by atoms with van der Waals surface area (Å²) in [5, 5.41) is 1.30.